The lowest BCUT2D eigenvalue weighted by Crippen LogP contribution is -2.46. The van der Waals surface area contributed by atoms with Gasteiger partial charge in [-0.1, -0.05) is 35.5 Å². The van der Waals surface area contributed by atoms with Gasteiger partial charge in [0.1, 0.15) is 5.69 Å². The van der Waals surface area contributed by atoms with Gasteiger partial charge in [-0.3, -0.25) is 9.79 Å². The highest BCUT2D eigenvalue weighted by atomic mass is 127. The third-order valence-corrected chi connectivity index (χ3v) is 4.57. The zero-order chi connectivity index (χ0) is 18.4. The average Bonchev–Trinajstić information content (AvgIpc) is 3.12. The van der Waals surface area contributed by atoms with Crippen LogP contribution in [-0.2, 0) is 11.3 Å². The van der Waals surface area contributed by atoms with Gasteiger partial charge in [0, 0.05) is 38.2 Å². The molecule has 2 heterocycles. The van der Waals surface area contributed by atoms with E-state index in [1.165, 1.54) is 0 Å². The first kappa shape index (κ1) is 21.2. The van der Waals surface area contributed by atoms with Gasteiger partial charge in [0.15, 0.2) is 11.7 Å². The van der Waals surface area contributed by atoms with Crippen LogP contribution in [0.5, 0.6) is 0 Å². The molecule has 1 aliphatic rings. The van der Waals surface area contributed by atoms with E-state index >= 15 is 0 Å². The Bertz CT molecular complexity index is 762. The molecule has 0 saturated carbocycles. The van der Waals surface area contributed by atoms with Crippen molar-refractivity contribution >= 4 is 35.8 Å². The number of carbonyl (C=O) groups is 1. The number of piperidine rings is 1. The molecule has 2 aromatic rings. The van der Waals surface area contributed by atoms with Gasteiger partial charge in [-0.15, -0.1) is 24.0 Å². The van der Waals surface area contributed by atoms with Gasteiger partial charge in [0.2, 0.25) is 5.91 Å². The Morgan fingerprint density at radius 3 is 2.89 bits per heavy atom. The molecule has 1 aromatic heterocycles. The number of rotatable bonds is 5. The molecular formula is C19H26IN5O2. The molecular weight excluding hydrogens is 457 g/mol. The van der Waals surface area contributed by atoms with Crippen LogP contribution >= 0.6 is 24.0 Å². The van der Waals surface area contributed by atoms with Gasteiger partial charge in [-0.25, -0.2) is 0 Å². The van der Waals surface area contributed by atoms with E-state index in [1.54, 1.807) is 7.05 Å². The number of guanidine groups is 1. The van der Waals surface area contributed by atoms with Crippen molar-refractivity contribution < 1.29 is 9.32 Å². The van der Waals surface area contributed by atoms with Crippen molar-refractivity contribution in [3.05, 3.63) is 42.1 Å². The van der Waals surface area contributed by atoms with Gasteiger partial charge in [0.05, 0.1) is 6.54 Å². The van der Waals surface area contributed by atoms with Crippen LogP contribution in [0.2, 0.25) is 0 Å². The second kappa shape index (κ2) is 10.3. The molecule has 1 unspecified atom stereocenters. The van der Waals surface area contributed by atoms with Gasteiger partial charge >= 0.3 is 0 Å². The van der Waals surface area contributed by atoms with Gasteiger partial charge in [-0.2, -0.15) is 0 Å². The van der Waals surface area contributed by atoms with Crippen molar-refractivity contribution in [2.75, 3.05) is 20.1 Å². The fourth-order valence-corrected chi connectivity index (χ4v) is 3.34. The molecule has 1 atom stereocenters. The Labute approximate surface area is 176 Å². The second-order valence-corrected chi connectivity index (χ2v) is 6.57. The molecule has 27 heavy (non-hydrogen) atoms. The van der Waals surface area contributed by atoms with Crippen LogP contribution in [0.4, 0.5) is 0 Å². The fourth-order valence-electron chi connectivity index (χ4n) is 3.34. The summed E-state index contributed by atoms with van der Waals surface area (Å²) >= 11 is 0. The number of hydrogen-bond donors (Lipinski definition) is 2. The van der Waals surface area contributed by atoms with Crippen LogP contribution in [0, 0.1) is 5.92 Å². The summed E-state index contributed by atoms with van der Waals surface area (Å²) in [5.74, 6) is 1.60. The maximum atomic E-state index is 11.2. The largest absolute Gasteiger partial charge is 0.370 e. The van der Waals surface area contributed by atoms with Crippen molar-refractivity contribution in [2.45, 2.75) is 25.8 Å². The smallest absolute Gasteiger partial charge is 0.217 e. The highest BCUT2D eigenvalue weighted by molar-refractivity contribution is 14.0. The highest BCUT2D eigenvalue weighted by Crippen LogP contribution is 2.21. The Balaban J connectivity index is 0.00000261. The van der Waals surface area contributed by atoms with Crippen molar-refractivity contribution in [3.63, 3.8) is 0 Å². The first-order chi connectivity index (χ1) is 12.7. The molecule has 1 saturated heterocycles. The summed E-state index contributed by atoms with van der Waals surface area (Å²) < 4.78 is 5.43. The number of benzene rings is 1. The van der Waals surface area contributed by atoms with E-state index in [1.807, 2.05) is 36.4 Å². The lowest BCUT2D eigenvalue weighted by atomic mass is 9.95. The van der Waals surface area contributed by atoms with Crippen molar-refractivity contribution in [1.82, 2.24) is 15.4 Å². The SMILES string of the molecule is CN=C(NCc1cc(-c2ccccc2)on1)N1CCCC(CC(N)=O)C1.I. The van der Waals surface area contributed by atoms with Crippen LogP contribution in [0.1, 0.15) is 25.0 Å². The third kappa shape index (κ3) is 5.95. The number of aliphatic imine (C=N–C) groups is 1. The topological polar surface area (TPSA) is 96.8 Å². The summed E-state index contributed by atoms with van der Waals surface area (Å²) in [6.45, 7) is 2.24. The fraction of sp³-hybridized carbons (Fsp3) is 0.421. The lowest BCUT2D eigenvalue weighted by molar-refractivity contribution is -0.119. The van der Waals surface area contributed by atoms with E-state index in [0.29, 0.717) is 13.0 Å². The van der Waals surface area contributed by atoms with Crippen LogP contribution in [-0.4, -0.2) is 42.1 Å². The number of primary amides is 1. The van der Waals surface area contributed by atoms with Gasteiger partial charge in [-0.05, 0) is 18.8 Å². The molecule has 0 radical (unpaired) electrons. The summed E-state index contributed by atoms with van der Waals surface area (Å²) in [5, 5.41) is 7.46. The monoisotopic (exact) mass is 483 g/mol. The predicted molar refractivity (Wildman–Crippen MR) is 116 cm³/mol. The number of nitrogens with two attached hydrogens (primary N) is 1. The van der Waals surface area contributed by atoms with E-state index in [-0.39, 0.29) is 35.8 Å². The Morgan fingerprint density at radius 2 is 2.19 bits per heavy atom. The van der Waals surface area contributed by atoms with Crippen molar-refractivity contribution in [1.29, 1.82) is 0 Å². The Morgan fingerprint density at radius 1 is 1.41 bits per heavy atom. The number of nitrogens with zero attached hydrogens (tertiary/aromatic N) is 3. The summed E-state index contributed by atoms with van der Waals surface area (Å²) in [4.78, 5) is 17.7. The van der Waals surface area contributed by atoms with Crippen molar-refractivity contribution in [2.24, 2.45) is 16.6 Å². The minimum atomic E-state index is -0.240. The first-order valence-electron chi connectivity index (χ1n) is 8.90. The minimum absolute atomic E-state index is 0. The van der Waals surface area contributed by atoms with E-state index < -0.39 is 0 Å². The van der Waals surface area contributed by atoms with Crippen LogP contribution < -0.4 is 11.1 Å². The zero-order valence-corrected chi connectivity index (χ0v) is 17.8. The summed E-state index contributed by atoms with van der Waals surface area (Å²) in [7, 11) is 1.76. The molecule has 1 aromatic carbocycles. The number of carbonyl (C=O) groups excluding carboxylic acids is 1. The summed E-state index contributed by atoms with van der Waals surface area (Å²) in [5.41, 5.74) is 7.16. The highest BCUT2D eigenvalue weighted by Gasteiger charge is 2.23. The van der Waals surface area contributed by atoms with Gasteiger partial charge in [0.25, 0.3) is 0 Å². The van der Waals surface area contributed by atoms with E-state index in [9.17, 15) is 4.79 Å². The molecule has 146 valence electrons. The van der Waals surface area contributed by atoms with Crippen molar-refractivity contribution in [3.8, 4) is 11.3 Å². The van der Waals surface area contributed by atoms with Gasteiger partial charge < -0.3 is 20.5 Å². The normalized spacial score (nSPS) is 17.3. The van der Waals surface area contributed by atoms with E-state index in [0.717, 1.165) is 48.9 Å². The average molecular weight is 483 g/mol. The molecule has 1 amide bonds. The summed E-state index contributed by atoms with van der Waals surface area (Å²) in [6, 6.07) is 11.8. The minimum Gasteiger partial charge on any atom is -0.370 e. The number of halogens is 1. The molecule has 0 spiro atoms. The standard InChI is InChI=1S/C19H25N5O2.HI/c1-21-19(24-9-5-6-14(13-24)10-18(20)25)22-12-16-11-17(26-23-16)15-7-3-2-4-8-15;/h2-4,7-8,11,14H,5-6,9-10,12-13H2,1H3,(H2,20,25)(H,21,22);1H. The third-order valence-electron chi connectivity index (χ3n) is 4.57. The quantitative estimate of drug-likeness (QED) is 0.387. The Kier molecular flexibility index (Phi) is 8.08. The van der Waals surface area contributed by atoms with E-state index in [2.05, 4.69) is 20.4 Å². The van der Waals surface area contributed by atoms with Crippen LogP contribution in [0.3, 0.4) is 0 Å². The molecule has 0 bridgehead atoms. The number of nitrogens with one attached hydrogen (secondary N) is 1. The summed E-state index contributed by atoms with van der Waals surface area (Å²) in [6.07, 6.45) is 2.48. The van der Waals surface area contributed by atoms with Crippen LogP contribution in [0.15, 0.2) is 45.9 Å². The maximum absolute atomic E-state index is 11.2. The van der Waals surface area contributed by atoms with Crippen LogP contribution in [0.25, 0.3) is 11.3 Å². The molecule has 8 heteroatoms. The molecule has 0 aliphatic carbocycles. The number of likely N-dealkylation sites (tertiary alicyclic amines) is 1. The molecule has 1 aliphatic heterocycles. The van der Waals surface area contributed by atoms with E-state index in [4.69, 9.17) is 10.3 Å². The molecule has 7 nitrogen and oxygen atoms in total. The number of hydrogen-bond acceptors (Lipinski definition) is 4. The Hall–Kier alpha value is -2.10. The lowest BCUT2D eigenvalue weighted by Gasteiger charge is -2.34. The number of amides is 1. The molecule has 3 rings (SSSR count). The second-order valence-electron chi connectivity index (χ2n) is 6.57. The predicted octanol–water partition coefficient (Wildman–Crippen LogP) is 2.62. The first-order valence-corrected chi connectivity index (χ1v) is 8.90. The molecule has 1 fully saturated rings. The molecule has 3 N–H and O–H groups in total. The zero-order valence-electron chi connectivity index (χ0n) is 15.4. The number of aromatic nitrogens is 1. The maximum Gasteiger partial charge on any atom is 0.217 e.